The number of hydrazine groups is 1. The zero-order chi connectivity index (χ0) is 15.2. The number of nitrogens with two attached hydrogens (primary N) is 1. The first kappa shape index (κ1) is 15.9. The molecule has 6 heteroatoms. The third-order valence-electron chi connectivity index (χ3n) is 3.92. The Morgan fingerprint density at radius 2 is 2.24 bits per heavy atom. The van der Waals surface area contributed by atoms with Gasteiger partial charge in [0.2, 0.25) is 5.91 Å². The van der Waals surface area contributed by atoms with E-state index >= 15 is 0 Å². The molecule has 1 aliphatic heterocycles. The van der Waals surface area contributed by atoms with E-state index in [4.69, 9.17) is 10.6 Å². The van der Waals surface area contributed by atoms with E-state index in [1.54, 1.807) is 0 Å². The molecule has 4 N–H and O–H groups in total. The van der Waals surface area contributed by atoms with Crippen LogP contribution in [0.15, 0.2) is 30.3 Å². The molecule has 0 aliphatic carbocycles. The Kier molecular flexibility index (Phi) is 5.69. The van der Waals surface area contributed by atoms with Crippen molar-refractivity contribution in [1.29, 1.82) is 0 Å². The Hall–Kier alpha value is -1.47. The second-order valence-electron chi connectivity index (χ2n) is 5.41. The highest BCUT2D eigenvalue weighted by molar-refractivity contribution is 5.83. The fourth-order valence-electron chi connectivity index (χ4n) is 2.60. The average molecular weight is 293 g/mol. The van der Waals surface area contributed by atoms with Crippen molar-refractivity contribution in [3.8, 4) is 0 Å². The molecule has 1 fully saturated rings. The zero-order valence-electron chi connectivity index (χ0n) is 12.2. The summed E-state index contributed by atoms with van der Waals surface area (Å²) >= 11 is 0. The van der Waals surface area contributed by atoms with Gasteiger partial charge in [0, 0.05) is 19.1 Å². The first-order chi connectivity index (χ1) is 10.2. The van der Waals surface area contributed by atoms with Gasteiger partial charge in [-0.15, -0.1) is 0 Å². The number of carbonyl (C=O) groups excluding carboxylic acids is 1. The van der Waals surface area contributed by atoms with Crippen LogP contribution in [-0.4, -0.2) is 54.4 Å². The summed E-state index contributed by atoms with van der Waals surface area (Å²) in [6, 6.07) is 9.78. The Labute approximate surface area is 124 Å². The largest absolute Gasteiger partial charge is 0.394 e. The van der Waals surface area contributed by atoms with Crippen LogP contribution in [0.1, 0.15) is 18.4 Å². The Morgan fingerprint density at radius 1 is 1.52 bits per heavy atom. The minimum Gasteiger partial charge on any atom is -0.394 e. The number of ether oxygens (including phenoxy) is 1. The highest BCUT2D eigenvalue weighted by Crippen LogP contribution is 2.21. The molecular weight excluding hydrogens is 270 g/mol. The van der Waals surface area contributed by atoms with Crippen molar-refractivity contribution in [2.45, 2.75) is 25.0 Å². The predicted molar refractivity (Wildman–Crippen MR) is 79.4 cm³/mol. The molecule has 21 heavy (non-hydrogen) atoms. The highest BCUT2D eigenvalue weighted by Gasteiger charge is 2.30. The number of aliphatic hydroxyl groups is 1. The van der Waals surface area contributed by atoms with E-state index in [1.165, 1.54) is 0 Å². The van der Waals surface area contributed by atoms with Crippen molar-refractivity contribution in [2.24, 2.45) is 5.84 Å². The number of morpholine rings is 1. The molecule has 1 aromatic rings. The molecule has 0 spiro atoms. The van der Waals surface area contributed by atoms with Crippen molar-refractivity contribution in [1.82, 2.24) is 10.3 Å². The molecule has 1 saturated heterocycles. The molecule has 0 bridgehead atoms. The van der Waals surface area contributed by atoms with Crippen LogP contribution in [0.4, 0.5) is 0 Å². The van der Waals surface area contributed by atoms with Gasteiger partial charge >= 0.3 is 0 Å². The molecule has 1 aromatic carbocycles. The van der Waals surface area contributed by atoms with Crippen molar-refractivity contribution >= 4 is 5.91 Å². The maximum atomic E-state index is 12.1. The lowest BCUT2D eigenvalue weighted by Crippen LogP contribution is -2.52. The average Bonchev–Trinajstić information content (AvgIpc) is 2.54. The normalized spacial score (nSPS) is 24.5. The number of rotatable bonds is 5. The summed E-state index contributed by atoms with van der Waals surface area (Å²) in [4.78, 5) is 14.3. The monoisotopic (exact) mass is 293 g/mol. The van der Waals surface area contributed by atoms with Crippen LogP contribution in [0.3, 0.4) is 0 Å². The Morgan fingerprint density at radius 3 is 2.86 bits per heavy atom. The maximum absolute atomic E-state index is 12.1. The lowest BCUT2D eigenvalue weighted by Gasteiger charge is -2.39. The number of nitrogens with zero attached hydrogens (tertiary/aromatic N) is 1. The van der Waals surface area contributed by atoms with Gasteiger partial charge in [-0.1, -0.05) is 30.3 Å². The zero-order valence-corrected chi connectivity index (χ0v) is 12.2. The minimum atomic E-state index is -0.337. The van der Waals surface area contributed by atoms with Gasteiger partial charge < -0.3 is 9.84 Å². The molecule has 0 radical (unpaired) electrons. The van der Waals surface area contributed by atoms with Gasteiger partial charge in [-0.25, -0.2) is 5.84 Å². The summed E-state index contributed by atoms with van der Waals surface area (Å²) < 4.78 is 5.53. The molecule has 1 heterocycles. The van der Waals surface area contributed by atoms with E-state index in [1.807, 2.05) is 30.3 Å². The molecule has 0 saturated carbocycles. The van der Waals surface area contributed by atoms with E-state index in [-0.39, 0.29) is 30.6 Å². The van der Waals surface area contributed by atoms with E-state index in [0.717, 1.165) is 5.56 Å². The molecule has 3 atom stereocenters. The van der Waals surface area contributed by atoms with Gasteiger partial charge in [-0.2, -0.15) is 0 Å². The molecule has 116 valence electrons. The SMILES string of the molecule is CC1COC(CO)CN1CC(C(=O)NN)c1ccccc1. The van der Waals surface area contributed by atoms with Crippen molar-refractivity contribution in [3.05, 3.63) is 35.9 Å². The van der Waals surface area contributed by atoms with Crippen LogP contribution in [0, 0.1) is 0 Å². The van der Waals surface area contributed by atoms with Gasteiger partial charge in [-0.3, -0.25) is 15.1 Å². The van der Waals surface area contributed by atoms with Gasteiger partial charge in [0.15, 0.2) is 0 Å². The Balaban J connectivity index is 2.13. The molecule has 1 aliphatic rings. The van der Waals surface area contributed by atoms with Crippen LogP contribution >= 0.6 is 0 Å². The van der Waals surface area contributed by atoms with Crippen molar-refractivity contribution in [2.75, 3.05) is 26.3 Å². The summed E-state index contributed by atoms with van der Waals surface area (Å²) in [5, 5.41) is 9.25. The number of nitrogens with one attached hydrogen (secondary N) is 1. The van der Waals surface area contributed by atoms with Crippen LogP contribution in [0.5, 0.6) is 0 Å². The standard InChI is InChI=1S/C15H23N3O3/c1-11-10-21-13(9-19)7-18(11)8-14(15(20)17-16)12-5-3-2-4-6-12/h2-6,11,13-14,19H,7-10,16H2,1H3,(H,17,20). The van der Waals surface area contributed by atoms with Crippen LogP contribution in [0.2, 0.25) is 0 Å². The highest BCUT2D eigenvalue weighted by atomic mass is 16.5. The summed E-state index contributed by atoms with van der Waals surface area (Å²) in [5.41, 5.74) is 3.18. The van der Waals surface area contributed by atoms with Gasteiger partial charge in [-0.05, 0) is 12.5 Å². The van der Waals surface area contributed by atoms with Crippen molar-refractivity contribution in [3.63, 3.8) is 0 Å². The number of aliphatic hydroxyl groups excluding tert-OH is 1. The first-order valence-electron chi connectivity index (χ1n) is 7.17. The molecule has 1 amide bonds. The molecule has 6 nitrogen and oxygen atoms in total. The van der Waals surface area contributed by atoms with Crippen LogP contribution < -0.4 is 11.3 Å². The number of carbonyl (C=O) groups is 1. The van der Waals surface area contributed by atoms with Crippen LogP contribution in [-0.2, 0) is 9.53 Å². The third kappa shape index (κ3) is 4.01. The van der Waals surface area contributed by atoms with Gasteiger partial charge in [0.1, 0.15) is 0 Å². The number of hydrogen-bond acceptors (Lipinski definition) is 5. The third-order valence-corrected chi connectivity index (χ3v) is 3.92. The molecule has 2 rings (SSSR count). The van der Waals surface area contributed by atoms with Gasteiger partial charge in [0.25, 0.3) is 0 Å². The van der Waals surface area contributed by atoms with E-state index in [9.17, 15) is 9.90 Å². The molecule has 0 aromatic heterocycles. The number of benzene rings is 1. The summed E-state index contributed by atoms with van der Waals surface area (Å²) in [7, 11) is 0. The van der Waals surface area contributed by atoms with E-state index < -0.39 is 0 Å². The second kappa shape index (κ2) is 7.51. The Bertz CT molecular complexity index is 455. The quantitative estimate of drug-likeness (QED) is 0.399. The van der Waals surface area contributed by atoms with Crippen LogP contribution in [0.25, 0.3) is 0 Å². The fourth-order valence-corrected chi connectivity index (χ4v) is 2.60. The number of amides is 1. The maximum Gasteiger partial charge on any atom is 0.242 e. The lowest BCUT2D eigenvalue weighted by atomic mass is 9.96. The lowest BCUT2D eigenvalue weighted by molar-refractivity contribution is -0.124. The second-order valence-corrected chi connectivity index (χ2v) is 5.41. The topological polar surface area (TPSA) is 87.8 Å². The fraction of sp³-hybridized carbons (Fsp3) is 0.533. The van der Waals surface area contributed by atoms with E-state index in [2.05, 4.69) is 17.2 Å². The summed E-state index contributed by atoms with van der Waals surface area (Å²) in [6.45, 7) is 3.75. The molecular formula is C15H23N3O3. The summed E-state index contributed by atoms with van der Waals surface area (Å²) in [6.07, 6.45) is -0.196. The smallest absolute Gasteiger partial charge is 0.242 e. The van der Waals surface area contributed by atoms with E-state index in [0.29, 0.717) is 19.7 Å². The van der Waals surface area contributed by atoms with Crippen molar-refractivity contribution < 1.29 is 14.6 Å². The molecule has 3 unspecified atom stereocenters. The van der Waals surface area contributed by atoms with Gasteiger partial charge in [0.05, 0.1) is 25.2 Å². The predicted octanol–water partition coefficient (Wildman–Crippen LogP) is -0.158. The first-order valence-corrected chi connectivity index (χ1v) is 7.17. The minimum absolute atomic E-state index is 0.0116. The number of hydrogen-bond donors (Lipinski definition) is 3. The summed E-state index contributed by atoms with van der Waals surface area (Å²) in [5.74, 6) is 4.78.